The van der Waals surface area contributed by atoms with Gasteiger partial charge in [0.1, 0.15) is 11.3 Å². The SMILES string of the molecule is C=C1CCC2C(C)(C)[C@@H](O)CCC2(C)[C@H]1COc1ccc2ccc(=O)oc2c1. The molecule has 2 aliphatic rings. The first-order valence-corrected chi connectivity index (χ1v) is 10.2. The van der Waals surface area contributed by atoms with Crippen molar-refractivity contribution in [3.8, 4) is 5.75 Å². The Kier molecular flexibility index (Phi) is 4.65. The Balaban J connectivity index is 1.58. The quantitative estimate of drug-likeness (QED) is 0.603. The van der Waals surface area contributed by atoms with E-state index in [0.29, 0.717) is 23.9 Å². The highest BCUT2D eigenvalue weighted by molar-refractivity contribution is 5.77. The first-order valence-electron chi connectivity index (χ1n) is 10.2. The zero-order valence-corrected chi connectivity index (χ0v) is 17.0. The maximum Gasteiger partial charge on any atom is 0.336 e. The van der Waals surface area contributed by atoms with Crippen molar-refractivity contribution in [2.45, 2.75) is 52.6 Å². The largest absolute Gasteiger partial charge is 0.493 e. The van der Waals surface area contributed by atoms with E-state index in [0.717, 1.165) is 31.1 Å². The lowest BCUT2D eigenvalue weighted by atomic mass is 9.47. The Morgan fingerprint density at radius 3 is 2.75 bits per heavy atom. The molecule has 4 atom stereocenters. The molecule has 2 unspecified atom stereocenters. The number of benzene rings is 1. The van der Waals surface area contributed by atoms with Crippen LogP contribution in [0.3, 0.4) is 0 Å². The number of hydrogen-bond donors (Lipinski definition) is 1. The van der Waals surface area contributed by atoms with Gasteiger partial charge in [-0.05, 0) is 60.6 Å². The van der Waals surface area contributed by atoms with Crippen molar-refractivity contribution < 1.29 is 14.3 Å². The van der Waals surface area contributed by atoms with Crippen LogP contribution in [0.5, 0.6) is 5.75 Å². The van der Waals surface area contributed by atoms with E-state index in [1.165, 1.54) is 11.6 Å². The Morgan fingerprint density at radius 2 is 1.96 bits per heavy atom. The summed E-state index contributed by atoms with van der Waals surface area (Å²) >= 11 is 0. The van der Waals surface area contributed by atoms with Crippen LogP contribution in [0.25, 0.3) is 11.0 Å². The van der Waals surface area contributed by atoms with Gasteiger partial charge in [-0.15, -0.1) is 0 Å². The number of aliphatic hydroxyl groups excluding tert-OH is 1. The first-order chi connectivity index (χ1) is 13.2. The monoisotopic (exact) mass is 382 g/mol. The molecule has 0 amide bonds. The van der Waals surface area contributed by atoms with Gasteiger partial charge in [-0.3, -0.25) is 0 Å². The number of aliphatic hydroxyl groups is 1. The number of hydrogen-bond acceptors (Lipinski definition) is 4. The second kappa shape index (κ2) is 6.77. The van der Waals surface area contributed by atoms with Gasteiger partial charge in [-0.25, -0.2) is 4.79 Å². The van der Waals surface area contributed by atoms with Gasteiger partial charge in [0.15, 0.2) is 0 Å². The molecule has 0 spiro atoms. The van der Waals surface area contributed by atoms with E-state index in [-0.39, 0.29) is 28.5 Å². The lowest BCUT2D eigenvalue weighted by molar-refractivity contribution is -0.128. The fraction of sp³-hybridized carbons (Fsp3) is 0.542. The van der Waals surface area contributed by atoms with Crippen LogP contribution in [0.2, 0.25) is 0 Å². The van der Waals surface area contributed by atoms with Crippen LogP contribution >= 0.6 is 0 Å². The Hall–Kier alpha value is -2.07. The summed E-state index contributed by atoms with van der Waals surface area (Å²) in [6, 6.07) is 8.80. The van der Waals surface area contributed by atoms with E-state index in [4.69, 9.17) is 9.15 Å². The molecule has 150 valence electrons. The third-order valence-corrected chi connectivity index (χ3v) is 7.56. The van der Waals surface area contributed by atoms with Crippen molar-refractivity contribution >= 4 is 11.0 Å². The molecule has 2 saturated carbocycles. The molecule has 4 rings (SSSR count). The summed E-state index contributed by atoms with van der Waals surface area (Å²) in [5.74, 6) is 1.39. The number of rotatable bonds is 3. The maximum atomic E-state index is 11.5. The van der Waals surface area contributed by atoms with Gasteiger partial charge >= 0.3 is 5.63 Å². The summed E-state index contributed by atoms with van der Waals surface area (Å²) in [6.45, 7) is 11.7. The molecule has 28 heavy (non-hydrogen) atoms. The van der Waals surface area contributed by atoms with Gasteiger partial charge in [-0.1, -0.05) is 32.9 Å². The zero-order chi connectivity index (χ0) is 20.1. The van der Waals surface area contributed by atoms with Crippen LogP contribution in [0.4, 0.5) is 0 Å². The molecule has 1 aromatic heterocycles. The van der Waals surface area contributed by atoms with Crippen molar-refractivity contribution in [1.82, 2.24) is 0 Å². The number of fused-ring (bicyclic) bond motifs is 2. The van der Waals surface area contributed by atoms with Gasteiger partial charge in [0.2, 0.25) is 0 Å². The van der Waals surface area contributed by atoms with Crippen molar-refractivity contribution in [3.05, 3.63) is 52.9 Å². The molecule has 1 N–H and O–H groups in total. The fourth-order valence-electron chi connectivity index (χ4n) is 5.78. The van der Waals surface area contributed by atoms with Crippen LogP contribution in [0, 0.1) is 22.7 Å². The van der Waals surface area contributed by atoms with Crippen LogP contribution in [0.15, 0.2) is 51.7 Å². The van der Waals surface area contributed by atoms with Crippen molar-refractivity contribution in [2.24, 2.45) is 22.7 Å². The van der Waals surface area contributed by atoms with Crippen LogP contribution < -0.4 is 10.4 Å². The molecule has 2 aromatic rings. The molecule has 4 heteroatoms. The molecule has 1 aromatic carbocycles. The van der Waals surface area contributed by atoms with Gasteiger partial charge in [0, 0.05) is 23.4 Å². The molecule has 4 nitrogen and oxygen atoms in total. The average Bonchev–Trinajstić information content (AvgIpc) is 2.64. The number of ether oxygens (including phenoxy) is 1. The molecule has 0 bridgehead atoms. The Morgan fingerprint density at radius 1 is 1.21 bits per heavy atom. The van der Waals surface area contributed by atoms with E-state index in [2.05, 4.69) is 27.4 Å². The highest BCUT2D eigenvalue weighted by Gasteiger charge is 2.56. The minimum absolute atomic E-state index is 0.0709. The van der Waals surface area contributed by atoms with Crippen molar-refractivity contribution in [1.29, 1.82) is 0 Å². The normalized spacial score (nSPS) is 32.1. The molecule has 2 aliphatic carbocycles. The highest BCUT2D eigenvalue weighted by Crippen LogP contribution is 2.60. The Bertz CT molecular complexity index is 956. The zero-order valence-electron chi connectivity index (χ0n) is 17.0. The molecule has 0 radical (unpaired) electrons. The van der Waals surface area contributed by atoms with Gasteiger partial charge < -0.3 is 14.3 Å². The minimum atomic E-state index is -0.358. The van der Waals surface area contributed by atoms with Gasteiger partial charge in [0.25, 0.3) is 0 Å². The fourth-order valence-corrected chi connectivity index (χ4v) is 5.78. The second-order valence-electron chi connectivity index (χ2n) is 9.45. The topological polar surface area (TPSA) is 59.7 Å². The highest BCUT2D eigenvalue weighted by atomic mass is 16.5. The van der Waals surface area contributed by atoms with Crippen LogP contribution in [-0.4, -0.2) is 17.8 Å². The van der Waals surface area contributed by atoms with Crippen LogP contribution in [-0.2, 0) is 0 Å². The van der Waals surface area contributed by atoms with E-state index in [1.54, 1.807) is 12.1 Å². The lowest BCUT2D eigenvalue weighted by Crippen LogP contribution is -2.55. The predicted molar refractivity (Wildman–Crippen MR) is 110 cm³/mol. The third kappa shape index (κ3) is 3.08. The molecule has 0 saturated heterocycles. The Labute approximate surface area is 166 Å². The minimum Gasteiger partial charge on any atom is -0.493 e. The molecular formula is C24H30O4. The summed E-state index contributed by atoms with van der Waals surface area (Å²) in [7, 11) is 0. The lowest BCUT2D eigenvalue weighted by Gasteiger charge is -2.59. The summed E-state index contributed by atoms with van der Waals surface area (Å²) in [5, 5.41) is 11.5. The third-order valence-electron chi connectivity index (χ3n) is 7.56. The van der Waals surface area contributed by atoms with E-state index in [9.17, 15) is 9.90 Å². The standard InChI is InChI=1S/C24H30O4/c1-15-5-9-20-23(2,3)21(25)11-12-24(20,4)18(15)14-27-17-8-6-16-7-10-22(26)28-19(16)13-17/h6-8,10,13,18,20-21,25H,1,5,9,11-12,14H2,2-4H3/t18-,20?,21-,24?/m0/s1. The van der Waals surface area contributed by atoms with Crippen molar-refractivity contribution in [2.75, 3.05) is 6.61 Å². The van der Waals surface area contributed by atoms with Gasteiger partial charge in [-0.2, -0.15) is 0 Å². The molecular weight excluding hydrogens is 352 g/mol. The summed E-state index contributed by atoms with van der Waals surface area (Å²) < 4.78 is 11.5. The summed E-state index contributed by atoms with van der Waals surface area (Å²) in [4.78, 5) is 11.5. The maximum absolute atomic E-state index is 11.5. The van der Waals surface area contributed by atoms with Crippen LogP contribution in [0.1, 0.15) is 46.5 Å². The van der Waals surface area contributed by atoms with E-state index in [1.807, 2.05) is 12.1 Å². The molecule has 2 fully saturated rings. The average molecular weight is 383 g/mol. The van der Waals surface area contributed by atoms with E-state index < -0.39 is 0 Å². The first kappa shape index (κ1) is 19.3. The smallest absolute Gasteiger partial charge is 0.336 e. The van der Waals surface area contributed by atoms with Crippen molar-refractivity contribution in [3.63, 3.8) is 0 Å². The second-order valence-corrected chi connectivity index (χ2v) is 9.45. The molecule has 0 aliphatic heterocycles. The van der Waals surface area contributed by atoms with Gasteiger partial charge in [0.05, 0.1) is 12.7 Å². The molecule has 1 heterocycles. The summed E-state index contributed by atoms with van der Waals surface area (Å²) in [5.41, 5.74) is 1.40. The summed E-state index contributed by atoms with van der Waals surface area (Å²) in [6.07, 6.45) is 3.63. The van der Waals surface area contributed by atoms with E-state index >= 15 is 0 Å². The predicted octanol–water partition coefficient (Wildman–Crippen LogP) is 4.94.